The molecule has 2 aromatic carbocycles. The van der Waals surface area contributed by atoms with Crippen molar-refractivity contribution in [1.82, 2.24) is 9.78 Å². The van der Waals surface area contributed by atoms with Crippen LogP contribution in [0.2, 0.25) is 18.1 Å². The Bertz CT molecular complexity index is 829. The molecule has 0 N–H and O–H groups in total. The summed E-state index contributed by atoms with van der Waals surface area (Å²) in [6.07, 6.45) is 0. The Morgan fingerprint density at radius 1 is 0.960 bits per heavy atom. The molecule has 1 heterocycles. The van der Waals surface area contributed by atoms with E-state index in [-0.39, 0.29) is 0 Å². The van der Waals surface area contributed by atoms with E-state index in [4.69, 9.17) is 9.52 Å². The van der Waals surface area contributed by atoms with E-state index in [0.717, 1.165) is 35.0 Å². The molecule has 0 radical (unpaired) electrons. The van der Waals surface area contributed by atoms with Gasteiger partial charge in [-0.05, 0) is 49.3 Å². The summed E-state index contributed by atoms with van der Waals surface area (Å²) < 4.78 is 8.67. The van der Waals surface area contributed by atoms with Crippen LogP contribution in [-0.2, 0) is 11.0 Å². The first-order valence-electron chi connectivity index (χ1n) is 9.30. The largest absolute Gasteiger partial charge is 0.411 e. The number of rotatable bonds is 7. The molecule has 0 spiro atoms. The fourth-order valence-corrected chi connectivity index (χ4v) is 6.00. The van der Waals surface area contributed by atoms with E-state index < -0.39 is 8.32 Å². The van der Waals surface area contributed by atoms with Crippen LogP contribution in [0, 0.1) is 6.92 Å². The third-order valence-corrected chi connectivity index (χ3v) is 10.00. The molecule has 0 aliphatic heterocycles. The summed E-state index contributed by atoms with van der Waals surface area (Å²) in [5, 5.41) is 6.06. The second-order valence-electron chi connectivity index (χ2n) is 6.75. The van der Waals surface area contributed by atoms with E-state index >= 15 is 0 Å². The van der Waals surface area contributed by atoms with Crippen LogP contribution in [0.15, 0.2) is 48.5 Å². The molecule has 1 aromatic heterocycles. The summed E-state index contributed by atoms with van der Waals surface area (Å²) in [5.41, 5.74) is 4.54. The molecular weight excluding hydrogens is 324 g/mol. The molecule has 0 unspecified atom stereocenters. The fourth-order valence-electron chi connectivity index (χ4n) is 3.45. The second kappa shape index (κ2) is 7.54. The number of benzene rings is 2. The highest BCUT2D eigenvalue weighted by atomic mass is 28.4. The normalized spacial score (nSPS) is 12.0. The van der Waals surface area contributed by atoms with Crippen molar-refractivity contribution in [2.75, 3.05) is 0 Å². The zero-order valence-electron chi connectivity index (χ0n) is 15.7. The van der Waals surface area contributed by atoms with Gasteiger partial charge in [0.1, 0.15) is 0 Å². The van der Waals surface area contributed by atoms with Crippen LogP contribution < -0.4 is 0 Å². The van der Waals surface area contributed by atoms with Crippen molar-refractivity contribution in [3.8, 4) is 5.69 Å². The van der Waals surface area contributed by atoms with Gasteiger partial charge in [0, 0.05) is 5.39 Å². The first kappa shape index (κ1) is 17.9. The smallest absolute Gasteiger partial charge is 0.192 e. The van der Waals surface area contributed by atoms with Crippen LogP contribution in [0.3, 0.4) is 0 Å². The Kier molecular flexibility index (Phi) is 5.40. The van der Waals surface area contributed by atoms with E-state index in [0.29, 0.717) is 6.61 Å². The van der Waals surface area contributed by atoms with E-state index in [1.54, 1.807) is 0 Å². The molecule has 0 aliphatic carbocycles. The van der Waals surface area contributed by atoms with Gasteiger partial charge in [-0.3, -0.25) is 0 Å². The van der Waals surface area contributed by atoms with E-state index in [9.17, 15) is 0 Å². The molecule has 0 amide bonds. The summed E-state index contributed by atoms with van der Waals surface area (Å²) in [5.74, 6) is 0. The van der Waals surface area contributed by atoms with Crippen LogP contribution >= 0.6 is 0 Å². The van der Waals surface area contributed by atoms with Crippen molar-refractivity contribution < 1.29 is 4.43 Å². The molecule has 0 atom stereocenters. The van der Waals surface area contributed by atoms with Gasteiger partial charge < -0.3 is 4.43 Å². The Labute approximate surface area is 151 Å². The highest BCUT2D eigenvalue weighted by Crippen LogP contribution is 2.28. The van der Waals surface area contributed by atoms with Crippen molar-refractivity contribution in [1.29, 1.82) is 0 Å². The minimum absolute atomic E-state index is 0.636. The number of para-hydroxylation sites is 1. The molecule has 3 aromatic rings. The van der Waals surface area contributed by atoms with Gasteiger partial charge in [-0.2, -0.15) is 5.10 Å². The average molecular weight is 353 g/mol. The minimum Gasteiger partial charge on any atom is -0.411 e. The zero-order valence-corrected chi connectivity index (χ0v) is 16.7. The summed E-state index contributed by atoms with van der Waals surface area (Å²) in [6, 6.07) is 20.3. The standard InChI is InChI=1S/C21H28N2OSi/c1-5-25(6-2,7-3)24-16-21-19-15-17(4)13-14-20(19)22-23(21)18-11-9-8-10-12-18/h8-15H,5-7,16H2,1-4H3. The summed E-state index contributed by atoms with van der Waals surface area (Å²) in [7, 11) is -1.64. The highest BCUT2D eigenvalue weighted by Gasteiger charge is 2.29. The first-order valence-corrected chi connectivity index (χ1v) is 11.8. The quantitative estimate of drug-likeness (QED) is 0.498. The van der Waals surface area contributed by atoms with Crippen molar-refractivity contribution in [3.05, 3.63) is 59.8 Å². The van der Waals surface area contributed by atoms with E-state index in [1.807, 2.05) is 6.07 Å². The minimum atomic E-state index is -1.64. The molecule has 25 heavy (non-hydrogen) atoms. The van der Waals surface area contributed by atoms with Crippen LogP contribution in [-0.4, -0.2) is 18.1 Å². The van der Waals surface area contributed by atoms with Gasteiger partial charge in [-0.15, -0.1) is 0 Å². The number of nitrogens with zero attached hydrogens (tertiary/aromatic N) is 2. The molecule has 132 valence electrons. The Hall–Kier alpha value is -1.91. The zero-order chi connectivity index (χ0) is 17.9. The molecular formula is C21H28N2OSi. The lowest BCUT2D eigenvalue weighted by Gasteiger charge is -2.28. The molecule has 0 aliphatic rings. The number of aryl methyl sites for hydroxylation is 1. The molecule has 3 rings (SSSR count). The SMILES string of the molecule is CC[Si](CC)(CC)OCc1c2cc(C)ccc2nn1-c1ccccc1. The van der Waals surface area contributed by atoms with Gasteiger partial charge in [0.2, 0.25) is 0 Å². The number of hydrogen-bond acceptors (Lipinski definition) is 2. The van der Waals surface area contributed by atoms with Crippen LogP contribution in [0.1, 0.15) is 32.0 Å². The lowest BCUT2D eigenvalue weighted by molar-refractivity contribution is 0.280. The molecule has 0 fully saturated rings. The van der Waals surface area contributed by atoms with Gasteiger partial charge >= 0.3 is 0 Å². The summed E-state index contributed by atoms with van der Waals surface area (Å²) >= 11 is 0. The monoisotopic (exact) mass is 352 g/mol. The highest BCUT2D eigenvalue weighted by molar-refractivity contribution is 6.73. The van der Waals surface area contributed by atoms with Crippen LogP contribution in [0.5, 0.6) is 0 Å². The summed E-state index contributed by atoms with van der Waals surface area (Å²) in [6.45, 7) is 9.59. The Balaban J connectivity index is 2.06. The van der Waals surface area contributed by atoms with Gasteiger partial charge in [-0.25, -0.2) is 4.68 Å². The molecule has 0 bridgehead atoms. The maximum Gasteiger partial charge on any atom is 0.192 e. The molecule has 0 saturated carbocycles. The maximum absolute atomic E-state index is 6.61. The second-order valence-corrected chi connectivity index (χ2v) is 11.5. The lowest BCUT2D eigenvalue weighted by atomic mass is 10.1. The third kappa shape index (κ3) is 3.55. The summed E-state index contributed by atoms with van der Waals surface area (Å²) in [4.78, 5) is 0. The van der Waals surface area contributed by atoms with Gasteiger partial charge in [0.25, 0.3) is 0 Å². The molecule has 4 heteroatoms. The van der Waals surface area contributed by atoms with Crippen molar-refractivity contribution in [3.63, 3.8) is 0 Å². The number of aromatic nitrogens is 2. The van der Waals surface area contributed by atoms with E-state index in [2.05, 4.69) is 74.8 Å². The first-order chi connectivity index (χ1) is 12.1. The molecule has 0 saturated heterocycles. The predicted molar refractivity (Wildman–Crippen MR) is 108 cm³/mol. The Morgan fingerprint density at radius 2 is 1.64 bits per heavy atom. The topological polar surface area (TPSA) is 27.1 Å². The predicted octanol–water partition coefficient (Wildman–Crippen LogP) is 5.86. The lowest BCUT2D eigenvalue weighted by Crippen LogP contribution is -2.35. The molecule has 3 nitrogen and oxygen atoms in total. The van der Waals surface area contributed by atoms with Gasteiger partial charge in [0.15, 0.2) is 8.32 Å². The van der Waals surface area contributed by atoms with Gasteiger partial charge in [-0.1, -0.05) is 50.6 Å². The fraction of sp³-hybridized carbons (Fsp3) is 0.381. The van der Waals surface area contributed by atoms with Gasteiger partial charge in [0.05, 0.1) is 23.5 Å². The van der Waals surface area contributed by atoms with Crippen molar-refractivity contribution in [2.45, 2.75) is 52.4 Å². The van der Waals surface area contributed by atoms with Crippen molar-refractivity contribution >= 4 is 19.2 Å². The van der Waals surface area contributed by atoms with Crippen LogP contribution in [0.4, 0.5) is 0 Å². The number of hydrogen-bond donors (Lipinski definition) is 0. The average Bonchev–Trinajstić information content (AvgIpc) is 3.02. The third-order valence-electron chi connectivity index (χ3n) is 5.38. The van der Waals surface area contributed by atoms with Crippen LogP contribution in [0.25, 0.3) is 16.6 Å². The Morgan fingerprint density at radius 3 is 2.28 bits per heavy atom. The number of fused-ring (bicyclic) bond motifs is 1. The maximum atomic E-state index is 6.61. The van der Waals surface area contributed by atoms with E-state index in [1.165, 1.54) is 10.9 Å². The van der Waals surface area contributed by atoms with Crippen molar-refractivity contribution in [2.24, 2.45) is 0 Å².